The molecule has 3 N–H and O–H groups in total. The summed E-state index contributed by atoms with van der Waals surface area (Å²) >= 11 is 0. The third-order valence-electron chi connectivity index (χ3n) is 2.05. The van der Waals surface area contributed by atoms with Crippen LogP contribution in [0.4, 0.5) is 5.69 Å². The monoisotopic (exact) mass is 196 g/mol. The second-order valence-electron chi connectivity index (χ2n) is 3.36. The molecule has 1 atom stereocenters. The van der Waals surface area contributed by atoms with E-state index in [9.17, 15) is 4.79 Å². The molecule has 0 aliphatic heterocycles. The zero-order valence-corrected chi connectivity index (χ0v) is 8.72. The molecule has 1 rings (SSSR count). The smallest absolute Gasteiger partial charge is 0.228 e. The molecule has 1 heterocycles. The van der Waals surface area contributed by atoms with Gasteiger partial charge < -0.3 is 10.6 Å². The largest absolute Gasteiger partial charge is 0.323 e. The van der Waals surface area contributed by atoms with Gasteiger partial charge in [-0.2, -0.15) is 5.10 Å². The van der Waals surface area contributed by atoms with Gasteiger partial charge in [0.05, 0.1) is 17.6 Å². The van der Waals surface area contributed by atoms with E-state index in [0.29, 0.717) is 6.54 Å². The molecular weight excluding hydrogens is 180 g/mol. The first-order valence-corrected chi connectivity index (χ1v) is 4.60. The van der Waals surface area contributed by atoms with Crippen molar-refractivity contribution in [3.8, 4) is 0 Å². The molecule has 1 unspecified atom stereocenters. The van der Waals surface area contributed by atoms with Crippen molar-refractivity contribution in [1.29, 1.82) is 0 Å². The van der Waals surface area contributed by atoms with Gasteiger partial charge in [-0.15, -0.1) is 0 Å². The number of nitrogens with one attached hydrogen (secondary N) is 3. The van der Waals surface area contributed by atoms with Crippen LogP contribution >= 0.6 is 0 Å². The fraction of sp³-hybridized carbons (Fsp3) is 0.556. The summed E-state index contributed by atoms with van der Waals surface area (Å²) in [5.74, 6) is -0.0434. The van der Waals surface area contributed by atoms with Crippen molar-refractivity contribution >= 4 is 11.6 Å². The lowest BCUT2D eigenvalue weighted by Crippen LogP contribution is -2.28. The van der Waals surface area contributed by atoms with Crippen LogP contribution in [0.15, 0.2) is 6.20 Å². The van der Waals surface area contributed by atoms with Gasteiger partial charge in [-0.25, -0.2) is 0 Å². The minimum absolute atomic E-state index is 0.00356. The standard InChI is InChI=1S/C9H16N4O/c1-6(4-10-3)9(14)12-8-5-11-13-7(8)2/h5-6,10H,4H2,1-3H3,(H,11,13)(H,12,14). The van der Waals surface area contributed by atoms with Gasteiger partial charge in [0.25, 0.3) is 0 Å². The van der Waals surface area contributed by atoms with E-state index >= 15 is 0 Å². The molecule has 0 bridgehead atoms. The predicted molar refractivity (Wildman–Crippen MR) is 55.0 cm³/mol. The molecule has 0 fully saturated rings. The van der Waals surface area contributed by atoms with Crippen molar-refractivity contribution in [2.45, 2.75) is 13.8 Å². The number of hydrogen-bond donors (Lipinski definition) is 3. The first kappa shape index (κ1) is 10.7. The Kier molecular flexibility index (Phi) is 3.64. The Bertz CT molecular complexity index is 308. The Labute approximate surface area is 83.3 Å². The van der Waals surface area contributed by atoms with Crippen LogP contribution in [0.3, 0.4) is 0 Å². The van der Waals surface area contributed by atoms with Gasteiger partial charge in [0.15, 0.2) is 0 Å². The summed E-state index contributed by atoms with van der Waals surface area (Å²) in [5.41, 5.74) is 1.62. The topological polar surface area (TPSA) is 69.8 Å². The van der Waals surface area contributed by atoms with Gasteiger partial charge in [-0.05, 0) is 14.0 Å². The quantitative estimate of drug-likeness (QED) is 0.657. The predicted octanol–water partition coefficient (Wildman–Crippen LogP) is 0.512. The number of carbonyl (C=O) groups excluding carboxylic acids is 1. The highest BCUT2D eigenvalue weighted by atomic mass is 16.1. The molecule has 0 aliphatic carbocycles. The Hall–Kier alpha value is -1.36. The average molecular weight is 196 g/mol. The molecule has 14 heavy (non-hydrogen) atoms. The van der Waals surface area contributed by atoms with E-state index in [-0.39, 0.29) is 11.8 Å². The number of H-pyrrole nitrogens is 1. The van der Waals surface area contributed by atoms with Crippen molar-refractivity contribution in [2.24, 2.45) is 5.92 Å². The van der Waals surface area contributed by atoms with Gasteiger partial charge in [-0.3, -0.25) is 9.89 Å². The molecule has 5 nitrogen and oxygen atoms in total. The van der Waals surface area contributed by atoms with Gasteiger partial charge >= 0.3 is 0 Å². The second kappa shape index (κ2) is 4.76. The molecular formula is C9H16N4O. The highest BCUT2D eigenvalue weighted by Gasteiger charge is 2.13. The molecule has 1 aromatic heterocycles. The maximum Gasteiger partial charge on any atom is 0.228 e. The van der Waals surface area contributed by atoms with E-state index in [0.717, 1.165) is 11.4 Å². The molecule has 0 radical (unpaired) electrons. The van der Waals surface area contributed by atoms with Crippen LogP contribution in [0.2, 0.25) is 0 Å². The average Bonchev–Trinajstić information content (AvgIpc) is 2.52. The summed E-state index contributed by atoms with van der Waals surface area (Å²) in [6.07, 6.45) is 1.61. The Morgan fingerprint density at radius 1 is 1.71 bits per heavy atom. The number of hydrogen-bond acceptors (Lipinski definition) is 3. The number of aryl methyl sites for hydroxylation is 1. The summed E-state index contributed by atoms with van der Waals surface area (Å²) in [4.78, 5) is 11.6. The SMILES string of the molecule is CNCC(C)C(=O)Nc1cn[nH]c1C. The number of rotatable bonds is 4. The van der Waals surface area contributed by atoms with Crippen LogP contribution in [-0.2, 0) is 4.79 Å². The minimum atomic E-state index is -0.0469. The van der Waals surface area contributed by atoms with Crippen LogP contribution in [0, 0.1) is 12.8 Å². The summed E-state index contributed by atoms with van der Waals surface area (Å²) in [7, 11) is 1.83. The first-order valence-electron chi connectivity index (χ1n) is 4.60. The van der Waals surface area contributed by atoms with Gasteiger partial charge in [0.1, 0.15) is 0 Å². The number of nitrogens with zero attached hydrogens (tertiary/aromatic N) is 1. The third-order valence-corrected chi connectivity index (χ3v) is 2.05. The Morgan fingerprint density at radius 3 is 2.93 bits per heavy atom. The normalized spacial score (nSPS) is 12.5. The number of aromatic nitrogens is 2. The Balaban J connectivity index is 2.53. The summed E-state index contributed by atoms with van der Waals surface area (Å²) in [6, 6.07) is 0. The molecule has 78 valence electrons. The number of anilines is 1. The van der Waals surface area contributed by atoms with E-state index in [2.05, 4.69) is 20.8 Å². The van der Waals surface area contributed by atoms with Gasteiger partial charge in [0.2, 0.25) is 5.91 Å². The molecule has 0 saturated heterocycles. The van der Waals surface area contributed by atoms with E-state index in [1.165, 1.54) is 0 Å². The molecule has 1 amide bonds. The lowest BCUT2D eigenvalue weighted by molar-refractivity contribution is -0.119. The van der Waals surface area contributed by atoms with Crippen molar-refractivity contribution in [3.63, 3.8) is 0 Å². The minimum Gasteiger partial charge on any atom is -0.323 e. The highest BCUT2D eigenvalue weighted by Crippen LogP contribution is 2.10. The number of carbonyl (C=O) groups is 1. The number of aromatic amines is 1. The van der Waals surface area contributed by atoms with Crippen LogP contribution in [0.5, 0.6) is 0 Å². The molecule has 0 spiro atoms. The maximum atomic E-state index is 11.6. The summed E-state index contributed by atoms with van der Waals surface area (Å²) < 4.78 is 0. The van der Waals surface area contributed by atoms with Crippen molar-refractivity contribution < 1.29 is 4.79 Å². The second-order valence-corrected chi connectivity index (χ2v) is 3.36. The fourth-order valence-corrected chi connectivity index (χ4v) is 1.13. The van der Waals surface area contributed by atoms with Crippen molar-refractivity contribution in [1.82, 2.24) is 15.5 Å². The van der Waals surface area contributed by atoms with Gasteiger partial charge in [0, 0.05) is 12.5 Å². The summed E-state index contributed by atoms with van der Waals surface area (Å²) in [6.45, 7) is 4.41. The van der Waals surface area contributed by atoms with E-state index < -0.39 is 0 Å². The summed E-state index contributed by atoms with van der Waals surface area (Å²) in [5, 5.41) is 12.3. The molecule has 5 heteroatoms. The van der Waals surface area contributed by atoms with E-state index in [1.54, 1.807) is 6.20 Å². The lowest BCUT2D eigenvalue weighted by Gasteiger charge is -2.10. The highest BCUT2D eigenvalue weighted by molar-refractivity contribution is 5.92. The van der Waals surface area contributed by atoms with Gasteiger partial charge in [-0.1, -0.05) is 6.92 Å². The molecule has 0 aromatic carbocycles. The van der Waals surface area contributed by atoms with Crippen LogP contribution in [0.1, 0.15) is 12.6 Å². The molecule has 0 saturated carbocycles. The van der Waals surface area contributed by atoms with E-state index in [4.69, 9.17) is 0 Å². The zero-order chi connectivity index (χ0) is 10.6. The zero-order valence-electron chi connectivity index (χ0n) is 8.72. The third kappa shape index (κ3) is 2.56. The Morgan fingerprint density at radius 2 is 2.43 bits per heavy atom. The molecule has 1 aromatic rings. The number of amides is 1. The van der Waals surface area contributed by atoms with Crippen LogP contribution in [0.25, 0.3) is 0 Å². The van der Waals surface area contributed by atoms with E-state index in [1.807, 2.05) is 20.9 Å². The van der Waals surface area contributed by atoms with Crippen LogP contribution < -0.4 is 10.6 Å². The molecule has 0 aliphatic rings. The van der Waals surface area contributed by atoms with Crippen molar-refractivity contribution in [3.05, 3.63) is 11.9 Å². The lowest BCUT2D eigenvalue weighted by atomic mass is 10.1. The maximum absolute atomic E-state index is 11.6. The fourth-order valence-electron chi connectivity index (χ4n) is 1.13. The first-order chi connectivity index (χ1) is 6.65. The van der Waals surface area contributed by atoms with Crippen molar-refractivity contribution in [2.75, 3.05) is 18.9 Å². The van der Waals surface area contributed by atoms with Crippen LogP contribution in [-0.4, -0.2) is 29.7 Å².